The van der Waals surface area contributed by atoms with Crippen molar-refractivity contribution in [1.29, 1.82) is 0 Å². The van der Waals surface area contributed by atoms with Crippen LogP contribution in [0.1, 0.15) is 16.1 Å². The Morgan fingerprint density at radius 1 is 1.50 bits per heavy atom. The second-order valence-corrected chi connectivity index (χ2v) is 4.29. The summed E-state index contributed by atoms with van der Waals surface area (Å²) >= 11 is 0. The Labute approximate surface area is 112 Å². The number of nitrogens with one attached hydrogen (secondary N) is 1. The summed E-state index contributed by atoms with van der Waals surface area (Å²) in [5, 5.41) is 10.9. The fraction of sp³-hybridized carbons (Fsp3) is 0.333. The van der Waals surface area contributed by atoms with Crippen LogP contribution >= 0.6 is 0 Å². The van der Waals surface area contributed by atoms with Crippen LogP contribution in [0.4, 0.5) is 13.2 Å². The molecular weight excluding hydrogens is 275 g/mol. The molecule has 0 fully saturated rings. The number of rotatable bonds is 3. The molecule has 2 heterocycles. The third-order valence-corrected chi connectivity index (χ3v) is 2.92. The number of halogens is 3. The highest BCUT2D eigenvalue weighted by molar-refractivity contribution is 5.95. The molecule has 0 saturated heterocycles. The van der Waals surface area contributed by atoms with Crippen molar-refractivity contribution in [2.75, 3.05) is 6.54 Å². The summed E-state index contributed by atoms with van der Waals surface area (Å²) < 4.78 is 38.1. The van der Waals surface area contributed by atoms with Crippen LogP contribution < -0.4 is 5.32 Å². The molecule has 1 amide bonds. The van der Waals surface area contributed by atoms with Crippen LogP contribution in [0.3, 0.4) is 0 Å². The average molecular weight is 287 g/mol. The van der Waals surface area contributed by atoms with Crippen LogP contribution in [-0.4, -0.2) is 39.2 Å². The molecule has 8 heteroatoms. The van der Waals surface area contributed by atoms with E-state index in [1.54, 1.807) is 23.6 Å². The zero-order valence-corrected chi connectivity index (χ0v) is 10.5. The number of carbonyl (C=O) groups is 1. The van der Waals surface area contributed by atoms with Gasteiger partial charge in [-0.3, -0.25) is 4.79 Å². The number of fused-ring (bicyclic) bond motifs is 1. The summed E-state index contributed by atoms with van der Waals surface area (Å²) in [7, 11) is 0. The van der Waals surface area contributed by atoms with Gasteiger partial charge in [0.25, 0.3) is 5.91 Å². The fourth-order valence-corrected chi connectivity index (χ4v) is 1.77. The minimum atomic E-state index is -4.75. The fourth-order valence-electron chi connectivity index (χ4n) is 1.77. The van der Waals surface area contributed by atoms with Crippen molar-refractivity contribution in [3.8, 4) is 0 Å². The number of imidazole rings is 1. The molecule has 2 aromatic heterocycles. The maximum Gasteiger partial charge on any atom is 0.416 e. The number of hydrogen-bond donors (Lipinski definition) is 2. The van der Waals surface area contributed by atoms with E-state index in [1.165, 1.54) is 12.4 Å². The molecule has 2 N–H and O–H groups in total. The van der Waals surface area contributed by atoms with E-state index in [4.69, 9.17) is 5.11 Å². The van der Waals surface area contributed by atoms with Gasteiger partial charge in [-0.2, -0.15) is 13.2 Å². The van der Waals surface area contributed by atoms with Crippen molar-refractivity contribution in [2.45, 2.75) is 19.2 Å². The van der Waals surface area contributed by atoms with Crippen LogP contribution in [0.2, 0.25) is 0 Å². The second kappa shape index (κ2) is 5.12. The Kier molecular flexibility index (Phi) is 3.67. The normalized spacial score (nSPS) is 13.4. The van der Waals surface area contributed by atoms with E-state index in [0.29, 0.717) is 5.69 Å². The van der Waals surface area contributed by atoms with Gasteiger partial charge in [-0.1, -0.05) is 0 Å². The lowest BCUT2D eigenvalue weighted by atomic mass is 10.1. The van der Waals surface area contributed by atoms with E-state index in [0.717, 1.165) is 5.52 Å². The second-order valence-electron chi connectivity index (χ2n) is 4.29. The minimum absolute atomic E-state index is 0.227. The Balaban J connectivity index is 2.14. The molecule has 0 aliphatic carbocycles. The standard InChI is InChI=1S/C12H12F3N3O2/c1-7-9(3-2-8-4-16-6-18(7)8)11(20)17-5-10(19)12(13,14)15/h2-4,6,10,19H,5H2,1H3,(H,17,20)/t10-/m0/s1. The molecule has 1 atom stereocenters. The number of aromatic nitrogens is 2. The van der Waals surface area contributed by atoms with Crippen molar-refractivity contribution in [3.63, 3.8) is 0 Å². The van der Waals surface area contributed by atoms with E-state index in [9.17, 15) is 18.0 Å². The monoisotopic (exact) mass is 287 g/mol. The number of carbonyl (C=O) groups excluding carboxylic acids is 1. The van der Waals surface area contributed by atoms with Gasteiger partial charge in [-0.05, 0) is 19.1 Å². The predicted molar refractivity (Wildman–Crippen MR) is 64.3 cm³/mol. The summed E-state index contributed by atoms with van der Waals surface area (Å²) in [6.07, 6.45) is -4.23. The lowest BCUT2D eigenvalue weighted by molar-refractivity contribution is -0.201. The molecule has 108 valence electrons. The number of pyridine rings is 1. The summed E-state index contributed by atoms with van der Waals surface area (Å²) in [6.45, 7) is 0.771. The molecule has 0 bridgehead atoms. The van der Waals surface area contributed by atoms with E-state index < -0.39 is 24.7 Å². The SMILES string of the molecule is Cc1c(C(=O)NC[C@H](O)C(F)(F)F)ccc2cncn12. The quantitative estimate of drug-likeness (QED) is 0.894. The molecule has 0 saturated carbocycles. The van der Waals surface area contributed by atoms with E-state index in [1.807, 2.05) is 0 Å². The zero-order valence-electron chi connectivity index (χ0n) is 10.5. The van der Waals surface area contributed by atoms with Crippen LogP contribution in [0.15, 0.2) is 24.7 Å². The number of amides is 1. The maximum atomic E-state index is 12.1. The van der Waals surface area contributed by atoms with Crippen molar-refractivity contribution < 1.29 is 23.1 Å². The molecule has 2 rings (SSSR count). The van der Waals surface area contributed by atoms with Gasteiger partial charge in [0.05, 0.1) is 30.1 Å². The van der Waals surface area contributed by atoms with Crippen LogP contribution in [0.25, 0.3) is 5.52 Å². The smallest absolute Gasteiger partial charge is 0.382 e. The van der Waals surface area contributed by atoms with Crippen molar-refractivity contribution in [2.24, 2.45) is 0 Å². The van der Waals surface area contributed by atoms with Crippen molar-refractivity contribution in [1.82, 2.24) is 14.7 Å². The van der Waals surface area contributed by atoms with Gasteiger partial charge >= 0.3 is 6.18 Å². The first kappa shape index (κ1) is 14.3. The predicted octanol–water partition coefficient (Wildman–Crippen LogP) is 1.30. The van der Waals surface area contributed by atoms with Gasteiger partial charge in [0.2, 0.25) is 0 Å². The van der Waals surface area contributed by atoms with Crippen LogP contribution in [-0.2, 0) is 0 Å². The third kappa shape index (κ3) is 2.74. The molecule has 0 unspecified atom stereocenters. The Bertz CT molecular complexity index is 636. The Hall–Kier alpha value is -2.09. The number of aliphatic hydroxyl groups excluding tert-OH is 1. The van der Waals surface area contributed by atoms with Gasteiger partial charge in [-0.25, -0.2) is 4.98 Å². The molecule has 0 radical (unpaired) electrons. The molecule has 5 nitrogen and oxygen atoms in total. The van der Waals surface area contributed by atoms with Gasteiger partial charge in [0.1, 0.15) is 0 Å². The number of aliphatic hydroxyl groups is 1. The van der Waals surface area contributed by atoms with Crippen molar-refractivity contribution >= 4 is 11.4 Å². The largest absolute Gasteiger partial charge is 0.416 e. The first-order valence-corrected chi connectivity index (χ1v) is 5.75. The highest BCUT2D eigenvalue weighted by atomic mass is 19.4. The number of nitrogens with zero attached hydrogens (tertiary/aromatic N) is 2. The van der Waals surface area contributed by atoms with E-state index in [-0.39, 0.29) is 5.56 Å². The number of alkyl halides is 3. The first-order valence-electron chi connectivity index (χ1n) is 5.75. The molecular formula is C12H12F3N3O2. The lowest BCUT2D eigenvalue weighted by Crippen LogP contribution is -2.40. The topological polar surface area (TPSA) is 66.6 Å². The average Bonchev–Trinajstić information content (AvgIpc) is 2.84. The van der Waals surface area contributed by atoms with E-state index >= 15 is 0 Å². The molecule has 0 aliphatic rings. The van der Waals surface area contributed by atoms with Gasteiger partial charge in [0.15, 0.2) is 6.10 Å². The third-order valence-electron chi connectivity index (χ3n) is 2.92. The maximum absolute atomic E-state index is 12.1. The Morgan fingerprint density at radius 3 is 2.85 bits per heavy atom. The highest BCUT2D eigenvalue weighted by Gasteiger charge is 2.38. The summed E-state index contributed by atoms with van der Waals surface area (Å²) in [5.41, 5.74) is 1.55. The minimum Gasteiger partial charge on any atom is -0.382 e. The van der Waals surface area contributed by atoms with Gasteiger partial charge in [0, 0.05) is 5.69 Å². The van der Waals surface area contributed by atoms with Crippen molar-refractivity contribution in [3.05, 3.63) is 35.9 Å². The number of hydrogen-bond acceptors (Lipinski definition) is 3. The number of aryl methyl sites for hydroxylation is 1. The molecule has 0 aromatic carbocycles. The first-order chi connectivity index (χ1) is 9.30. The lowest BCUT2D eigenvalue weighted by Gasteiger charge is -2.15. The Morgan fingerprint density at radius 2 is 2.20 bits per heavy atom. The molecule has 2 aromatic rings. The van der Waals surface area contributed by atoms with Crippen LogP contribution in [0.5, 0.6) is 0 Å². The molecule has 20 heavy (non-hydrogen) atoms. The summed E-state index contributed by atoms with van der Waals surface area (Å²) in [5.74, 6) is -0.679. The molecule has 0 aliphatic heterocycles. The highest BCUT2D eigenvalue weighted by Crippen LogP contribution is 2.19. The molecule has 0 spiro atoms. The summed E-state index contributed by atoms with van der Waals surface area (Å²) in [4.78, 5) is 15.8. The van der Waals surface area contributed by atoms with Gasteiger partial charge in [-0.15, -0.1) is 0 Å². The zero-order chi connectivity index (χ0) is 14.9. The van der Waals surface area contributed by atoms with E-state index in [2.05, 4.69) is 10.3 Å². The van der Waals surface area contributed by atoms with Gasteiger partial charge < -0.3 is 14.8 Å². The summed E-state index contributed by atoms with van der Waals surface area (Å²) in [6, 6.07) is 3.14. The van der Waals surface area contributed by atoms with Crippen LogP contribution in [0, 0.1) is 6.92 Å².